The molecular weight excluding hydrogens is 491 g/mol. The van der Waals surface area contributed by atoms with Crippen LogP contribution in [0.5, 0.6) is 0 Å². The monoisotopic (exact) mass is 494 g/mol. The summed E-state index contributed by atoms with van der Waals surface area (Å²) in [5.74, 6) is -25.7. The molecule has 20 heteroatoms. The highest BCUT2D eigenvalue weighted by molar-refractivity contribution is 5.84. The summed E-state index contributed by atoms with van der Waals surface area (Å²) in [5, 5.41) is 0. The summed E-state index contributed by atoms with van der Waals surface area (Å²) in [6.07, 6.45) is -38.2. The van der Waals surface area contributed by atoms with Gasteiger partial charge in [-0.2, -0.15) is 74.6 Å². The van der Waals surface area contributed by atoms with E-state index in [0.717, 1.165) is 0 Å². The highest BCUT2D eigenvalue weighted by atomic mass is 19.4. The number of hydrogen-bond donors (Lipinski definition) is 0. The molecule has 0 bridgehead atoms. The molecule has 0 heterocycles. The van der Waals surface area contributed by atoms with Gasteiger partial charge in [0, 0.05) is 6.92 Å². The van der Waals surface area contributed by atoms with Crippen LogP contribution < -0.4 is 0 Å². The van der Waals surface area contributed by atoms with Crippen molar-refractivity contribution in [2.24, 2.45) is 0 Å². The molecule has 0 aromatic heterocycles. The lowest BCUT2D eigenvalue weighted by Gasteiger charge is -2.40. The minimum absolute atomic E-state index is 0.621. The van der Waals surface area contributed by atoms with Gasteiger partial charge in [0.2, 0.25) is 5.78 Å². The van der Waals surface area contributed by atoms with Crippen molar-refractivity contribution < 1.29 is 88.9 Å². The van der Waals surface area contributed by atoms with Crippen molar-refractivity contribution in [2.45, 2.75) is 55.3 Å². The van der Waals surface area contributed by atoms with E-state index in [9.17, 15) is 79.4 Å². The van der Waals surface area contributed by atoms with Gasteiger partial charge in [0.25, 0.3) is 0 Å². The normalized spacial score (nSPS) is 19.3. The Morgan fingerprint density at radius 2 is 0.900 bits per heavy atom. The largest absolute Gasteiger partial charge is 0.462 e. The van der Waals surface area contributed by atoms with E-state index in [1.807, 2.05) is 0 Å². The van der Waals surface area contributed by atoms with Crippen LogP contribution in [0.25, 0.3) is 0 Å². The minimum atomic E-state index is -7.98. The first-order valence-corrected chi connectivity index (χ1v) is 6.23. The molecule has 2 atom stereocenters. The summed E-state index contributed by atoms with van der Waals surface area (Å²) in [6, 6.07) is 0. The third kappa shape index (κ3) is 4.52. The summed E-state index contributed by atoms with van der Waals surface area (Å²) in [6.45, 7) is -0.621. The van der Waals surface area contributed by atoms with Crippen molar-refractivity contribution in [1.82, 2.24) is 0 Å². The number of Topliss-reactive ketones (excluding diaryl/α,β-unsaturated/α-hetero) is 1. The molecule has 0 amide bonds. The first-order chi connectivity index (χ1) is 12.6. The molecule has 0 aromatic rings. The number of ketones is 1. The zero-order chi connectivity index (χ0) is 25.0. The lowest BCUT2D eigenvalue weighted by atomic mass is 10.2. The van der Waals surface area contributed by atoms with Crippen LogP contribution in [-0.2, 0) is 14.3 Å². The van der Waals surface area contributed by atoms with Crippen LogP contribution in [0.4, 0.5) is 74.6 Å². The van der Waals surface area contributed by atoms with Gasteiger partial charge in [0.15, 0.2) is 0 Å². The summed E-state index contributed by atoms with van der Waals surface area (Å²) in [4.78, 5) is 10.5. The predicted molar refractivity (Wildman–Crippen MR) is 53.5 cm³/mol. The van der Waals surface area contributed by atoms with E-state index in [4.69, 9.17) is 0 Å². The Morgan fingerprint density at radius 1 is 0.533 bits per heavy atom. The van der Waals surface area contributed by atoms with E-state index in [1.165, 1.54) is 4.74 Å². The standard InChI is InChI=1S/C10H3F17O3/c1-2(28)3(11,6(15,16)17)29-10(26,27)5(14,8(21,22)23)30-9(24,25)4(12,13)7(18,19)20/h1H3. The molecule has 0 saturated carbocycles. The molecule has 0 saturated heterocycles. The fourth-order valence-electron chi connectivity index (χ4n) is 1.26. The van der Waals surface area contributed by atoms with Gasteiger partial charge < -0.3 is 0 Å². The van der Waals surface area contributed by atoms with Crippen LogP contribution in [0.15, 0.2) is 0 Å². The molecule has 0 spiro atoms. The molecule has 30 heavy (non-hydrogen) atoms. The predicted octanol–water partition coefficient (Wildman–Crippen LogP) is 5.45. The molecular formula is C10H3F17O3. The zero-order valence-corrected chi connectivity index (χ0v) is 13.2. The van der Waals surface area contributed by atoms with Crippen LogP contribution in [0.2, 0.25) is 0 Å². The third-order valence-corrected chi connectivity index (χ3v) is 2.82. The van der Waals surface area contributed by atoms with Crippen LogP contribution in [-0.4, -0.2) is 54.2 Å². The minimum Gasteiger partial charge on any atom is -0.293 e. The van der Waals surface area contributed by atoms with Crippen molar-refractivity contribution in [3.05, 3.63) is 0 Å². The van der Waals surface area contributed by atoms with Crippen LogP contribution in [0.1, 0.15) is 6.92 Å². The summed E-state index contributed by atoms with van der Waals surface area (Å²) in [7, 11) is 0. The van der Waals surface area contributed by atoms with Gasteiger partial charge in [-0.3, -0.25) is 14.3 Å². The van der Waals surface area contributed by atoms with Crippen molar-refractivity contribution in [2.75, 3.05) is 0 Å². The Morgan fingerprint density at radius 3 is 1.13 bits per heavy atom. The maximum absolute atomic E-state index is 13.6. The summed E-state index contributed by atoms with van der Waals surface area (Å²) < 4.78 is 218. The van der Waals surface area contributed by atoms with E-state index >= 15 is 0 Å². The fourth-order valence-corrected chi connectivity index (χ4v) is 1.26. The number of carbonyl (C=O) groups excluding carboxylic acids is 1. The van der Waals surface area contributed by atoms with Crippen molar-refractivity contribution in [1.29, 1.82) is 0 Å². The SMILES string of the molecule is CC(=O)C(F)(OC(F)(F)C(F)(OC(F)(F)C(F)(F)C(F)(F)F)C(F)(F)F)C(F)(F)F. The molecule has 0 fully saturated rings. The average molecular weight is 494 g/mol. The average Bonchev–Trinajstić information content (AvgIpc) is 2.41. The quantitative estimate of drug-likeness (QED) is 0.442. The molecule has 3 nitrogen and oxygen atoms in total. The van der Waals surface area contributed by atoms with E-state index < -0.39 is 61.1 Å². The van der Waals surface area contributed by atoms with Crippen molar-refractivity contribution >= 4 is 5.78 Å². The molecule has 180 valence electrons. The first kappa shape index (κ1) is 28.4. The number of carbonyl (C=O) groups is 1. The number of rotatable bonds is 7. The number of alkyl halides is 17. The second-order valence-corrected chi connectivity index (χ2v) is 5.05. The highest BCUT2D eigenvalue weighted by Gasteiger charge is 2.85. The van der Waals surface area contributed by atoms with Gasteiger partial charge in [-0.25, -0.2) is 0 Å². The zero-order valence-electron chi connectivity index (χ0n) is 13.2. The van der Waals surface area contributed by atoms with Gasteiger partial charge in [-0.1, -0.05) is 0 Å². The van der Waals surface area contributed by atoms with Gasteiger partial charge in [0.1, 0.15) is 0 Å². The lowest BCUT2D eigenvalue weighted by molar-refractivity contribution is -0.548. The van der Waals surface area contributed by atoms with Gasteiger partial charge in [0.05, 0.1) is 0 Å². The summed E-state index contributed by atoms with van der Waals surface area (Å²) in [5.41, 5.74) is 0. The Balaban J connectivity index is 6.63. The summed E-state index contributed by atoms with van der Waals surface area (Å²) >= 11 is 0. The fraction of sp³-hybridized carbons (Fsp3) is 0.900. The Bertz CT molecular complexity index is 646. The number of ether oxygens (including phenoxy) is 2. The second kappa shape index (κ2) is 7.23. The Labute approximate surface area is 151 Å². The van der Waals surface area contributed by atoms with E-state index in [-0.39, 0.29) is 0 Å². The van der Waals surface area contributed by atoms with Crippen LogP contribution in [0, 0.1) is 0 Å². The van der Waals surface area contributed by atoms with Gasteiger partial charge in [-0.15, -0.1) is 0 Å². The third-order valence-electron chi connectivity index (χ3n) is 2.82. The van der Waals surface area contributed by atoms with Gasteiger partial charge in [-0.05, 0) is 0 Å². The first-order valence-electron chi connectivity index (χ1n) is 6.23. The topological polar surface area (TPSA) is 35.5 Å². The van der Waals surface area contributed by atoms with Crippen molar-refractivity contribution in [3.63, 3.8) is 0 Å². The van der Waals surface area contributed by atoms with E-state index in [0.29, 0.717) is 0 Å². The number of halogens is 17. The lowest BCUT2D eigenvalue weighted by Crippen LogP contribution is -2.68. The maximum atomic E-state index is 13.6. The number of hydrogen-bond acceptors (Lipinski definition) is 3. The Hall–Kier alpha value is -1.60. The van der Waals surface area contributed by atoms with E-state index in [1.54, 1.807) is 4.74 Å². The molecule has 0 aliphatic carbocycles. The van der Waals surface area contributed by atoms with Gasteiger partial charge >= 0.3 is 48.4 Å². The molecule has 2 unspecified atom stereocenters. The van der Waals surface area contributed by atoms with Crippen LogP contribution in [0.3, 0.4) is 0 Å². The Kier molecular flexibility index (Phi) is 6.84. The molecule has 0 rings (SSSR count). The van der Waals surface area contributed by atoms with E-state index in [2.05, 4.69) is 0 Å². The van der Waals surface area contributed by atoms with Crippen LogP contribution >= 0.6 is 0 Å². The maximum Gasteiger partial charge on any atom is 0.462 e. The molecule has 0 aliphatic rings. The molecule has 0 aliphatic heterocycles. The van der Waals surface area contributed by atoms with Crippen molar-refractivity contribution in [3.8, 4) is 0 Å². The molecule has 0 N–H and O–H groups in total. The molecule has 0 aromatic carbocycles. The second-order valence-electron chi connectivity index (χ2n) is 5.05. The smallest absolute Gasteiger partial charge is 0.293 e. The highest BCUT2D eigenvalue weighted by Crippen LogP contribution is 2.56. The molecule has 0 radical (unpaired) electrons.